The summed E-state index contributed by atoms with van der Waals surface area (Å²) in [5.74, 6) is 5.12. The number of hydrogen-bond donors (Lipinski definition) is 2. The van der Waals surface area contributed by atoms with E-state index in [1.165, 1.54) is 12.1 Å². The molecule has 1 aliphatic heterocycles. The van der Waals surface area contributed by atoms with E-state index >= 15 is 0 Å². The van der Waals surface area contributed by atoms with Crippen LogP contribution in [-0.2, 0) is 18.6 Å². The number of amides is 1. The molecular weight excluding hydrogens is 387 g/mol. The number of ether oxygens (including phenoxy) is 1. The second-order valence-corrected chi connectivity index (χ2v) is 7.31. The molecule has 3 aromatic rings. The summed E-state index contributed by atoms with van der Waals surface area (Å²) in [6.07, 6.45) is 4.21. The zero-order valence-electron chi connectivity index (χ0n) is 15.9. The molecular formula is C22H17FN4O3. The third kappa shape index (κ3) is 2.91. The highest BCUT2D eigenvalue weighted by atomic mass is 19.1. The predicted octanol–water partition coefficient (Wildman–Crippen LogP) is 1.76. The first kappa shape index (κ1) is 18.3. The number of hydrogen-bond acceptors (Lipinski definition) is 5. The minimum absolute atomic E-state index is 0.0900. The summed E-state index contributed by atoms with van der Waals surface area (Å²) in [7, 11) is 0. The number of pyridine rings is 1. The monoisotopic (exact) mass is 404 g/mol. The summed E-state index contributed by atoms with van der Waals surface area (Å²) in [4.78, 5) is 20.1. The normalized spacial score (nSPS) is 18.9. The van der Waals surface area contributed by atoms with Crippen molar-refractivity contribution in [2.45, 2.75) is 25.0 Å². The Hall–Kier alpha value is -3.70. The van der Waals surface area contributed by atoms with Crippen LogP contribution in [0.1, 0.15) is 33.7 Å². The number of nitrogens with two attached hydrogens (primary N) is 1. The fraction of sp³-hybridized carbons (Fsp3) is 0.227. The van der Waals surface area contributed by atoms with Crippen molar-refractivity contribution in [2.75, 3.05) is 6.61 Å². The van der Waals surface area contributed by atoms with Crippen molar-refractivity contribution in [3.05, 3.63) is 65.0 Å². The van der Waals surface area contributed by atoms with E-state index < -0.39 is 17.3 Å². The molecule has 0 fully saturated rings. The molecule has 5 rings (SSSR count). The van der Waals surface area contributed by atoms with Crippen LogP contribution in [0.3, 0.4) is 0 Å². The van der Waals surface area contributed by atoms with Crippen molar-refractivity contribution >= 4 is 5.91 Å². The molecule has 8 heteroatoms. The molecule has 1 unspecified atom stereocenters. The third-order valence-corrected chi connectivity index (χ3v) is 5.37. The van der Waals surface area contributed by atoms with Gasteiger partial charge in [0.2, 0.25) is 0 Å². The molecule has 0 spiro atoms. The highest BCUT2D eigenvalue weighted by molar-refractivity contribution is 5.91. The van der Waals surface area contributed by atoms with Gasteiger partial charge in [-0.25, -0.2) is 9.37 Å². The Bertz CT molecular complexity index is 1260. The molecule has 150 valence electrons. The van der Waals surface area contributed by atoms with Crippen LogP contribution < -0.4 is 10.5 Å². The Morgan fingerprint density at radius 3 is 3.10 bits per heavy atom. The van der Waals surface area contributed by atoms with Crippen LogP contribution in [0.2, 0.25) is 0 Å². The van der Waals surface area contributed by atoms with Gasteiger partial charge in [-0.05, 0) is 30.5 Å². The van der Waals surface area contributed by atoms with Gasteiger partial charge in [-0.2, -0.15) is 0 Å². The molecule has 1 aliphatic carbocycles. The number of imidazole rings is 1. The lowest BCUT2D eigenvalue weighted by Gasteiger charge is -2.15. The lowest BCUT2D eigenvalue weighted by molar-refractivity contribution is 0.0980. The van der Waals surface area contributed by atoms with E-state index in [1.54, 1.807) is 17.0 Å². The smallest absolute Gasteiger partial charge is 0.268 e. The van der Waals surface area contributed by atoms with Gasteiger partial charge in [0.05, 0.1) is 23.4 Å². The number of primary amides is 1. The first-order valence-electron chi connectivity index (χ1n) is 9.48. The topological polar surface area (TPSA) is 103 Å². The Kier molecular flexibility index (Phi) is 4.08. The number of fused-ring (bicyclic) bond motifs is 4. The zero-order valence-corrected chi connectivity index (χ0v) is 15.9. The Balaban J connectivity index is 1.59. The summed E-state index contributed by atoms with van der Waals surface area (Å²) in [5, 5.41) is 11.0. The number of carbonyl (C=O) groups is 1. The maximum absolute atomic E-state index is 14.7. The van der Waals surface area contributed by atoms with Gasteiger partial charge in [-0.3, -0.25) is 9.78 Å². The van der Waals surface area contributed by atoms with Crippen LogP contribution in [0.15, 0.2) is 36.7 Å². The Labute approximate surface area is 171 Å². The van der Waals surface area contributed by atoms with Gasteiger partial charge in [0.1, 0.15) is 29.7 Å². The maximum atomic E-state index is 14.7. The summed E-state index contributed by atoms with van der Waals surface area (Å²) < 4.78 is 22.1. The molecule has 0 saturated carbocycles. The molecule has 0 saturated heterocycles. The maximum Gasteiger partial charge on any atom is 0.268 e. The largest absolute Gasteiger partial charge is 0.491 e. The third-order valence-electron chi connectivity index (χ3n) is 5.37. The van der Waals surface area contributed by atoms with Crippen LogP contribution in [0, 0.1) is 17.7 Å². The average molecular weight is 404 g/mol. The van der Waals surface area contributed by atoms with E-state index in [1.807, 2.05) is 12.1 Å². The number of aromatic nitrogens is 3. The standard InChI is InChI=1S/C22H17FN4O3/c23-16-11-18-15(21-26-17(20(24)28)12-27(21)8-9-30-18)10-14(16)4-6-22(29)5-3-13-2-1-7-25-19(13)22/h1-2,7,10-12,29H,3,5,8-9H2,(H2,24,28). The molecule has 3 N–H and O–H groups in total. The van der Waals surface area contributed by atoms with Crippen molar-refractivity contribution in [1.82, 2.24) is 14.5 Å². The molecule has 7 nitrogen and oxygen atoms in total. The fourth-order valence-electron chi connectivity index (χ4n) is 3.86. The van der Waals surface area contributed by atoms with Crippen molar-refractivity contribution < 1.29 is 19.0 Å². The minimum Gasteiger partial charge on any atom is -0.491 e. The van der Waals surface area contributed by atoms with Gasteiger partial charge in [0.15, 0.2) is 5.60 Å². The highest BCUT2D eigenvalue weighted by Gasteiger charge is 2.36. The summed E-state index contributed by atoms with van der Waals surface area (Å²) in [5.41, 5.74) is 6.08. The second kappa shape index (κ2) is 6.68. The molecule has 1 aromatic carbocycles. The lowest BCUT2D eigenvalue weighted by Crippen LogP contribution is -2.21. The van der Waals surface area contributed by atoms with E-state index in [-0.39, 0.29) is 11.3 Å². The van der Waals surface area contributed by atoms with Crippen molar-refractivity contribution in [3.63, 3.8) is 0 Å². The van der Waals surface area contributed by atoms with E-state index in [4.69, 9.17) is 10.5 Å². The first-order valence-corrected chi connectivity index (χ1v) is 9.48. The number of benzene rings is 1. The Morgan fingerprint density at radius 2 is 2.27 bits per heavy atom. The molecule has 3 heterocycles. The van der Waals surface area contributed by atoms with Gasteiger partial charge in [0, 0.05) is 18.5 Å². The fourth-order valence-corrected chi connectivity index (χ4v) is 3.86. The summed E-state index contributed by atoms with van der Waals surface area (Å²) >= 11 is 0. The van der Waals surface area contributed by atoms with Gasteiger partial charge < -0.3 is 20.1 Å². The average Bonchev–Trinajstić information content (AvgIpc) is 3.26. The van der Waals surface area contributed by atoms with Crippen LogP contribution >= 0.6 is 0 Å². The number of aryl methyl sites for hydroxylation is 1. The van der Waals surface area contributed by atoms with Crippen molar-refractivity contribution in [3.8, 4) is 29.0 Å². The predicted molar refractivity (Wildman–Crippen MR) is 105 cm³/mol. The number of halogens is 1. The number of aliphatic hydroxyl groups is 1. The van der Waals surface area contributed by atoms with Gasteiger partial charge in [0.25, 0.3) is 5.91 Å². The summed E-state index contributed by atoms with van der Waals surface area (Å²) in [6, 6.07) is 6.48. The molecule has 30 heavy (non-hydrogen) atoms. The molecule has 2 aromatic heterocycles. The molecule has 1 atom stereocenters. The van der Waals surface area contributed by atoms with E-state index in [2.05, 4.69) is 21.8 Å². The molecule has 1 amide bonds. The lowest BCUT2D eigenvalue weighted by atomic mass is 10.0. The Morgan fingerprint density at radius 1 is 1.40 bits per heavy atom. The van der Waals surface area contributed by atoms with Crippen LogP contribution in [0.5, 0.6) is 5.75 Å². The van der Waals surface area contributed by atoms with Crippen LogP contribution in [0.4, 0.5) is 4.39 Å². The molecule has 2 aliphatic rings. The van der Waals surface area contributed by atoms with E-state index in [0.29, 0.717) is 48.8 Å². The SMILES string of the molecule is NC(=O)c1cn2c(n1)-c1cc(C#CC3(O)CCc4cccnc43)c(F)cc1OCC2. The van der Waals surface area contributed by atoms with Crippen molar-refractivity contribution in [2.24, 2.45) is 5.73 Å². The number of carbonyl (C=O) groups excluding carboxylic acids is 1. The highest BCUT2D eigenvalue weighted by Crippen LogP contribution is 2.36. The number of rotatable bonds is 1. The van der Waals surface area contributed by atoms with Gasteiger partial charge >= 0.3 is 0 Å². The minimum atomic E-state index is -1.43. The van der Waals surface area contributed by atoms with E-state index in [9.17, 15) is 14.3 Å². The van der Waals surface area contributed by atoms with Crippen LogP contribution in [0.25, 0.3) is 11.4 Å². The zero-order chi connectivity index (χ0) is 20.9. The van der Waals surface area contributed by atoms with Crippen LogP contribution in [-0.4, -0.2) is 32.2 Å². The number of nitrogens with zero attached hydrogens (tertiary/aromatic N) is 3. The molecule has 0 bridgehead atoms. The quantitative estimate of drug-likeness (QED) is 0.602. The summed E-state index contributed by atoms with van der Waals surface area (Å²) in [6.45, 7) is 0.733. The van der Waals surface area contributed by atoms with Gasteiger partial charge in [-0.1, -0.05) is 17.9 Å². The van der Waals surface area contributed by atoms with E-state index in [0.717, 1.165) is 5.56 Å². The van der Waals surface area contributed by atoms with Gasteiger partial charge in [-0.15, -0.1) is 0 Å². The van der Waals surface area contributed by atoms with Crippen molar-refractivity contribution in [1.29, 1.82) is 0 Å². The first-order chi connectivity index (χ1) is 14.4. The molecule has 0 radical (unpaired) electrons. The second-order valence-electron chi connectivity index (χ2n) is 7.31.